The van der Waals surface area contributed by atoms with E-state index in [2.05, 4.69) is 0 Å². The van der Waals surface area contributed by atoms with Crippen LogP contribution in [0.5, 0.6) is 0 Å². The number of ether oxygens (including phenoxy) is 1. The van der Waals surface area contributed by atoms with E-state index in [0.29, 0.717) is 25.4 Å². The van der Waals surface area contributed by atoms with Crippen molar-refractivity contribution in [3.05, 3.63) is 24.0 Å². The van der Waals surface area contributed by atoms with Gasteiger partial charge >= 0.3 is 0 Å². The number of likely N-dealkylation sites (N-methyl/N-ethyl adjacent to an activating group) is 1. The molecule has 5 heteroatoms. The third kappa shape index (κ3) is 3.08. The first-order valence-electron chi connectivity index (χ1n) is 5.21. The number of aliphatic hydroxyl groups is 1. The molecule has 0 saturated carbocycles. The third-order valence-corrected chi connectivity index (χ3v) is 2.37. The smallest absolute Gasteiger partial charge is 0.270 e. The number of carbonyl (C=O) groups is 1. The quantitative estimate of drug-likeness (QED) is 0.754. The van der Waals surface area contributed by atoms with E-state index in [4.69, 9.17) is 9.84 Å². The lowest BCUT2D eigenvalue weighted by atomic mass is 10.3. The highest BCUT2D eigenvalue weighted by Crippen LogP contribution is 2.05. The Morgan fingerprint density at radius 2 is 2.38 bits per heavy atom. The second-order valence-electron chi connectivity index (χ2n) is 3.53. The van der Waals surface area contributed by atoms with Gasteiger partial charge in [0.05, 0.1) is 13.2 Å². The first-order chi connectivity index (χ1) is 7.70. The molecule has 1 heterocycles. The van der Waals surface area contributed by atoms with Crippen LogP contribution in [0.2, 0.25) is 0 Å². The standard InChI is InChI=1S/C11H18N2O3/c1-12(6-8-14)11(15)10-4-3-5-13(10)7-9-16-2/h3-5,14H,6-9H2,1-2H3. The van der Waals surface area contributed by atoms with E-state index >= 15 is 0 Å². The number of aliphatic hydroxyl groups excluding tert-OH is 1. The molecule has 0 bridgehead atoms. The molecule has 1 aromatic heterocycles. The van der Waals surface area contributed by atoms with Crippen LogP contribution in [0, 0.1) is 0 Å². The van der Waals surface area contributed by atoms with Crippen molar-refractivity contribution in [3.63, 3.8) is 0 Å². The van der Waals surface area contributed by atoms with Gasteiger partial charge in [-0.15, -0.1) is 0 Å². The highest BCUT2D eigenvalue weighted by atomic mass is 16.5. The van der Waals surface area contributed by atoms with Gasteiger partial charge in [0.1, 0.15) is 5.69 Å². The first-order valence-corrected chi connectivity index (χ1v) is 5.21. The van der Waals surface area contributed by atoms with Gasteiger partial charge in [0.15, 0.2) is 0 Å². The number of carbonyl (C=O) groups excluding carboxylic acids is 1. The maximum absolute atomic E-state index is 11.9. The molecule has 0 atom stereocenters. The van der Waals surface area contributed by atoms with Gasteiger partial charge in [0.25, 0.3) is 5.91 Å². The topological polar surface area (TPSA) is 54.7 Å². The summed E-state index contributed by atoms with van der Waals surface area (Å²) in [5.74, 6) is -0.0878. The van der Waals surface area contributed by atoms with E-state index < -0.39 is 0 Å². The van der Waals surface area contributed by atoms with Gasteiger partial charge < -0.3 is 19.3 Å². The summed E-state index contributed by atoms with van der Waals surface area (Å²) in [6.07, 6.45) is 1.85. The van der Waals surface area contributed by atoms with Crippen LogP contribution >= 0.6 is 0 Å². The summed E-state index contributed by atoms with van der Waals surface area (Å²) in [5, 5.41) is 8.77. The van der Waals surface area contributed by atoms with Crippen LogP contribution in [-0.4, -0.2) is 54.4 Å². The Labute approximate surface area is 95.2 Å². The zero-order chi connectivity index (χ0) is 12.0. The normalized spacial score (nSPS) is 10.4. The van der Waals surface area contributed by atoms with Crippen LogP contribution in [0.25, 0.3) is 0 Å². The van der Waals surface area contributed by atoms with Gasteiger partial charge in [0, 0.05) is 33.4 Å². The molecule has 0 aliphatic rings. The van der Waals surface area contributed by atoms with E-state index in [1.807, 2.05) is 16.8 Å². The van der Waals surface area contributed by atoms with Crippen LogP contribution in [0.15, 0.2) is 18.3 Å². The molecule has 1 amide bonds. The summed E-state index contributed by atoms with van der Waals surface area (Å²) in [5.41, 5.74) is 0.619. The molecule has 5 nitrogen and oxygen atoms in total. The van der Waals surface area contributed by atoms with Crippen LogP contribution in [-0.2, 0) is 11.3 Å². The predicted molar refractivity (Wildman–Crippen MR) is 60.4 cm³/mol. The molecule has 0 spiro atoms. The maximum atomic E-state index is 11.9. The summed E-state index contributed by atoms with van der Waals surface area (Å²) in [7, 11) is 3.30. The Hall–Kier alpha value is -1.33. The minimum Gasteiger partial charge on any atom is -0.395 e. The van der Waals surface area contributed by atoms with E-state index in [9.17, 15) is 4.79 Å². The first kappa shape index (κ1) is 12.7. The summed E-state index contributed by atoms with van der Waals surface area (Å²) < 4.78 is 6.82. The van der Waals surface area contributed by atoms with Crippen molar-refractivity contribution in [3.8, 4) is 0 Å². The van der Waals surface area contributed by atoms with Crippen molar-refractivity contribution in [1.29, 1.82) is 0 Å². The fourth-order valence-electron chi connectivity index (χ4n) is 1.44. The zero-order valence-corrected chi connectivity index (χ0v) is 9.72. The molecule has 0 fully saturated rings. The number of methoxy groups -OCH3 is 1. The Kier molecular flexibility index (Phi) is 5.01. The lowest BCUT2D eigenvalue weighted by Crippen LogP contribution is -2.31. The monoisotopic (exact) mass is 226 g/mol. The van der Waals surface area contributed by atoms with Crippen LogP contribution in [0.4, 0.5) is 0 Å². The fraction of sp³-hybridized carbons (Fsp3) is 0.545. The minimum absolute atomic E-state index is 0.0268. The van der Waals surface area contributed by atoms with Gasteiger partial charge in [-0.05, 0) is 12.1 Å². The predicted octanol–water partition coefficient (Wildman–Crippen LogP) is 0.199. The van der Waals surface area contributed by atoms with Crippen molar-refractivity contribution in [1.82, 2.24) is 9.47 Å². The molecule has 0 aliphatic heterocycles. The van der Waals surface area contributed by atoms with Crippen LogP contribution in [0.1, 0.15) is 10.5 Å². The van der Waals surface area contributed by atoms with E-state index in [-0.39, 0.29) is 12.5 Å². The number of nitrogens with zero attached hydrogens (tertiary/aromatic N) is 2. The Bertz CT molecular complexity index is 336. The van der Waals surface area contributed by atoms with Crippen molar-refractivity contribution in [2.45, 2.75) is 6.54 Å². The molecule has 16 heavy (non-hydrogen) atoms. The van der Waals surface area contributed by atoms with Crippen LogP contribution < -0.4 is 0 Å². The van der Waals surface area contributed by atoms with Crippen molar-refractivity contribution in [2.75, 3.05) is 33.9 Å². The average molecular weight is 226 g/mol. The molecule has 1 N–H and O–H groups in total. The Morgan fingerprint density at radius 1 is 1.62 bits per heavy atom. The maximum Gasteiger partial charge on any atom is 0.270 e. The summed E-state index contributed by atoms with van der Waals surface area (Å²) in [6.45, 7) is 1.53. The summed E-state index contributed by atoms with van der Waals surface area (Å²) in [4.78, 5) is 13.4. The highest BCUT2D eigenvalue weighted by Gasteiger charge is 2.14. The largest absolute Gasteiger partial charge is 0.395 e. The van der Waals surface area contributed by atoms with Crippen molar-refractivity contribution < 1.29 is 14.6 Å². The number of hydrogen-bond acceptors (Lipinski definition) is 3. The summed E-state index contributed by atoms with van der Waals surface area (Å²) in [6, 6.07) is 3.60. The lowest BCUT2D eigenvalue weighted by Gasteiger charge is -2.17. The Balaban J connectivity index is 2.71. The van der Waals surface area contributed by atoms with E-state index in [1.54, 1.807) is 20.2 Å². The van der Waals surface area contributed by atoms with Crippen LogP contribution in [0.3, 0.4) is 0 Å². The lowest BCUT2D eigenvalue weighted by molar-refractivity contribution is 0.0754. The molecule has 90 valence electrons. The molecule has 0 radical (unpaired) electrons. The molecule has 0 aliphatic carbocycles. The molecular weight excluding hydrogens is 208 g/mol. The van der Waals surface area contributed by atoms with Crippen molar-refractivity contribution in [2.24, 2.45) is 0 Å². The van der Waals surface area contributed by atoms with Gasteiger partial charge in [-0.1, -0.05) is 0 Å². The Morgan fingerprint density at radius 3 is 3.00 bits per heavy atom. The van der Waals surface area contributed by atoms with E-state index in [1.165, 1.54) is 4.90 Å². The fourth-order valence-corrected chi connectivity index (χ4v) is 1.44. The van der Waals surface area contributed by atoms with Gasteiger partial charge in [-0.25, -0.2) is 0 Å². The number of hydrogen-bond donors (Lipinski definition) is 1. The molecule has 1 aromatic rings. The molecule has 0 saturated heterocycles. The number of aromatic nitrogens is 1. The van der Waals surface area contributed by atoms with Crippen molar-refractivity contribution >= 4 is 5.91 Å². The molecule has 0 unspecified atom stereocenters. The van der Waals surface area contributed by atoms with Gasteiger partial charge in [-0.2, -0.15) is 0 Å². The van der Waals surface area contributed by atoms with Gasteiger partial charge in [-0.3, -0.25) is 4.79 Å². The minimum atomic E-state index is -0.0878. The second-order valence-corrected chi connectivity index (χ2v) is 3.53. The van der Waals surface area contributed by atoms with E-state index in [0.717, 1.165) is 0 Å². The highest BCUT2D eigenvalue weighted by molar-refractivity contribution is 5.92. The molecule has 1 rings (SSSR count). The third-order valence-electron chi connectivity index (χ3n) is 2.37. The summed E-state index contributed by atoms with van der Waals surface area (Å²) >= 11 is 0. The molecule has 0 aromatic carbocycles. The SMILES string of the molecule is COCCn1cccc1C(=O)N(C)CCO. The van der Waals surface area contributed by atoms with Gasteiger partial charge in [0.2, 0.25) is 0 Å². The second kappa shape index (κ2) is 6.30. The number of rotatable bonds is 6. The number of amides is 1. The average Bonchev–Trinajstić information content (AvgIpc) is 2.73. The zero-order valence-electron chi connectivity index (χ0n) is 9.72. The molecular formula is C11H18N2O3.